The minimum Gasteiger partial charge on any atom is -0.508 e. The van der Waals surface area contributed by atoms with Gasteiger partial charge in [-0.1, -0.05) is 30.3 Å². The molecule has 0 aliphatic heterocycles. The highest BCUT2D eigenvalue weighted by molar-refractivity contribution is 5.80. The zero-order chi connectivity index (χ0) is 15.4. The largest absolute Gasteiger partial charge is 0.508 e. The van der Waals surface area contributed by atoms with Crippen LogP contribution in [0, 0.1) is 0 Å². The Hall–Kier alpha value is -2.49. The van der Waals surface area contributed by atoms with Crippen LogP contribution in [0.15, 0.2) is 48.5 Å². The van der Waals surface area contributed by atoms with E-state index in [-0.39, 0.29) is 18.1 Å². The second-order valence-corrected chi connectivity index (χ2v) is 5.58. The number of phenols is 1. The van der Waals surface area contributed by atoms with Gasteiger partial charge in [0.15, 0.2) is 0 Å². The lowest BCUT2D eigenvalue weighted by molar-refractivity contribution is -0.120. The van der Waals surface area contributed by atoms with Crippen molar-refractivity contribution < 1.29 is 14.6 Å². The topological polar surface area (TPSA) is 58.6 Å². The van der Waals surface area contributed by atoms with Gasteiger partial charge in [-0.25, -0.2) is 0 Å². The van der Waals surface area contributed by atoms with Crippen LogP contribution in [0.1, 0.15) is 24.0 Å². The zero-order valence-corrected chi connectivity index (χ0v) is 12.3. The van der Waals surface area contributed by atoms with Crippen molar-refractivity contribution in [2.75, 3.05) is 0 Å². The normalized spacial score (nSPS) is 13.6. The maximum absolute atomic E-state index is 12.0. The number of hydrogen-bond acceptors (Lipinski definition) is 3. The van der Waals surface area contributed by atoms with Gasteiger partial charge in [0.2, 0.25) is 5.91 Å². The highest BCUT2D eigenvalue weighted by Gasteiger charge is 2.23. The van der Waals surface area contributed by atoms with Gasteiger partial charge in [-0.15, -0.1) is 0 Å². The predicted molar refractivity (Wildman–Crippen MR) is 83.7 cm³/mol. The molecule has 1 aliphatic rings. The molecule has 0 aromatic heterocycles. The van der Waals surface area contributed by atoms with Crippen LogP contribution in [0.2, 0.25) is 0 Å². The van der Waals surface area contributed by atoms with Crippen molar-refractivity contribution >= 4 is 5.91 Å². The first-order valence-corrected chi connectivity index (χ1v) is 7.49. The molecule has 1 fully saturated rings. The molecular weight excluding hydrogens is 278 g/mol. The average molecular weight is 297 g/mol. The number of carbonyl (C=O) groups is 1. The lowest BCUT2D eigenvalue weighted by atomic mass is 10.1. The molecule has 1 aliphatic carbocycles. The van der Waals surface area contributed by atoms with E-state index in [1.807, 2.05) is 30.3 Å². The summed E-state index contributed by atoms with van der Waals surface area (Å²) in [5, 5.41) is 12.6. The highest BCUT2D eigenvalue weighted by Crippen LogP contribution is 2.26. The van der Waals surface area contributed by atoms with E-state index >= 15 is 0 Å². The van der Waals surface area contributed by atoms with E-state index in [0.29, 0.717) is 24.0 Å². The second kappa shape index (κ2) is 6.52. The van der Waals surface area contributed by atoms with E-state index in [1.165, 1.54) is 0 Å². The van der Waals surface area contributed by atoms with E-state index < -0.39 is 0 Å². The van der Waals surface area contributed by atoms with Crippen molar-refractivity contribution in [2.24, 2.45) is 0 Å². The van der Waals surface area contributed by atoms with Crippen LogP contribution in [0.4, 0.5) is 0 Å². The minimum absolute atomic E-state index is 0.0299. The first-order chi connectivity index (χ1) is 10.7. The Morgan fingerprint density at radius 2 is 1.95 bits per heavy atom. The van der Waals surface area contributed by atoms with Gasteiger partial charge in [0.25, 0.3) is 0 Å². The SMILES string of the molecule is O=C(Cc1cc(O)ccc1OCc1ccccc1)NC1CC1. The van der Waals surface area contributed by atoms with Crippen molar-refractivity contribution in [2.45, 2.75) is 31.9 Å². The van der Waals surface area contributed by atoms with Gasteiger partial charge >= 0.3 is 0 Å². The Kier molecular flexibility index (Phi) is 4.28. The van der Waals surface area contributed by atoms with Crippen molar-refractivity contribution in [1.29, 1.82) is 0 Å². The third-order valence-electron chi connectivity index (χ3n) is 3.57. The molecular formula is C18H19NO3. The van der Waals surface area contributed by atoms with Crippen LogP contribution in [0.25, 0.3) is 0 Å². The summed E-state index contributed by atoms with van der Waals surface area (Å²) in [6.07, 6.45) is 2.33. The lowest BCUT2D eigenvalue weighted by Gasteiger charge is -2.12. The maximum atomic E-state index is 12.0. The quantitative estimate of drug-likeness (QED) is 0.862. The van der Waals surface area contributed by atoms with E-state index in [0.717, 1.165) is 18.4 Å². The van der Waals surface area contributed by atoms with Gasteiger partial charge in [-0.2, -0.15) is 0 Å². The molecule has 0 bridgehead atoms. The first kappa shape index (κ1) is 14.4. The number of aromatic hydroxyl groups is 1. The molecule has 2 N–H and O–H groups in total. The van der Waals surface area contributed by atoms with Gasteiger partial charge in [0, 0.05) is 11.6 Å². The molecule has 0 unspecified atom stereocenters. The molecule has 0 spiro atoms. The number of benzene rings is 2. The average Bonchev–Trinajstić information content (AvgIpc) is 3.31. The molecule has 2 aromatic carbocycles. The fraction of sp³-hybridized carbons (Fsp3) is 0.278. The highest BCUT2D eigenvalue weighted by atomic mass is 16.5. The van der Waals surface area contributed by atoms with Crippen LogP contribution in [-0.4, -0.2) is 17.1 Å². The van der Waals surface area contributed by atoms with Crippen molar-refractivity contribution in [3.8, 4) is 11.5 Å². The predicted octanol–water partition coefficient (Wildman–Crippen LogP) is 2.79. The van der Waals surface area contributed by atoms with Crippen molar-refractivity contribution in [3.05, 3.63) is 59.7 Å². The third-order valence-corrected chi connectivity index (χ3v) is 3.57. The van der Waals surface area contributed by atoms with Crippen LogP contribution in [0.3, 0.4) is 0 Å². The molecule has 0 radical (unpaired) electrons. The molecule has 0 heterocycles. The standard InChI is InChI=1S/C18H19NO3/c20-16-8-9-17(22-12-13-4-2-1-3-5-13)14(10-16)11-18(21)19-15-6-7-15/h1-5,8-10,15,20H,6-7,11-12H2,(H,19,21). The van der Waals surface area contributed by atoms with Crippen LogP contribution in [0.5, 0.6) is 11.5 Å². The molecule has 114 valence electrons. The molecule has 4 nitrogen and oxygen atoms in total. The summed E-state index contributed by atoms with van der Waals surface area (Å²) in [5.74, 6) is 0.742. The molecule has 22 heavy (non-hydrogen) atoms. The Bertz CT molecular complexity index is 651. The Labute approximate surface area is 129 Å². The molecule has 0 saturated heterocycles. The molecule has 1 saturated carbocycles. The smallest absolute Gasteiger partial charge is 0.224 e. The Morgan fingerprint density at radius 1 is 1.18 bits per heavy atom. The first-order valence-electron chi connectivity index (χ1n) is 7.49. The molecule has 4 heteroatoms. The fourth-order valence-electron chi connectivity index (χ4n) is 2.26. The molecule has 0 atom stereocenters. The summed E-state index contributed by atoms with van der Waals surface area (Å²) >= 11 is 0. The summed E-state index contributed by atoms with van der Waals surface area (Å²) in [7, 11) is 0. The number of phenolic OH excluding ortho intramolecular Hbond substituents is 1. The van der Waals surface area contributed by atoms with E-state index in [2.05, 4.69) is 5.32 Å². The number of carbonyl (C=O) groups excluding carboxylic acids is 1. The minimum atomic E-state index is -0.0299. The molecule has 2 aromatic rings. The van der Waals surface area contributed by atoms with Crippen molar-refractivity contribution in [1.82, 2.24) is 5.32 Å². The third kappa shape index (κ3) is 4.01. The fourth-order valence-corrected chi connectivity index (χ4v) is 2.26. The number of rotatable bonds is 6. The molecule has 1 amide bonds. The second-order valence-electron chi connectivity index (χ2n) is 5.58. The van der Waals surface area contributed by atoms with Gasteiger partial charge < -0.3 is 15.2 Å². The summed E-state index contributed by atoms with van der Waals surface area (Å²) < 4.78 is 5.81. The summed E-state index contributed by atoms with van der Waals surface area (Å²) in [4.78, 5) is 12.0. The van der Waals surface area contributed by atoms with Gasteiger partial charge in [0.1, 0.15) is 18.1 Å². The van der Waals surface area contributed by atoms with Gasteiger partial charge in [0.05, 0.1) is 6.42 Å². The monoisotopic (exact) mass is 297 g/mol. The van der Waals surface area contributed by atoms with Crippen LogP contribution < -0.4 is 10.1 Å². The summed E-state index contributed by atoms with van der Waals surface area (Å²) in [6, 6.07) is 15.0. The van der Waals surface area contributed by atoms with Gasteiger partial charge in [-0.05, 0) is 36.6 Å². The lowest BCUT2D eigenvalue weighted by Crippen LogP contribution is -2.27. The molecule has 3 rings (SSSR count). The number of nitrogens with one attached hydrogen (secondary N) is 1. The van der Waals surface area contributed by atoms with E-state index in [1.54, 1.807) is 18.2 Å². The van der Waals surface area contributed by atoms with Crippen LogP contribution in [-0.2, 0) is 17.8 Å². The number of amides is 1. The number of ether oxygens (including phenoxy) is 1. The number of hydrogen-bond donors (Lipinski definition) is 2. The summed E-state index contributed by atoms with van der Waals surface area (Å²) in [5.41, 5.74) is 1.76. The van der Waals surface area contributed by atoms with E-state index in [9.17, 15) is 9.90 Å². The Balaban J connectivity index is 1.68. The maximum Gasteiger partial charge on any atom is 0.224 e. The Morgan fingerprint density at radius 3 is 2.68 bits per heavy atom. The van der Waals surface area contributed by atoms with Gasteiger partial charge in [-0.3, -0.25) is 4.79 Å². The van der Waals surface area contributed by atoms with Crippen molar-refractivity contribution in [3.63, 3.8) is 0 Å². The van der Waals surface area contributed by atoms with Crippen LogP contribution >= 0.6 is 0 Å². The van der Waals surface area contributed by atoms with E-state index in [4.69, 9.17) is 4.74 Å². The summed E-state index contributed by atoms with van der Waals surface area (Å²) in [6.45, 7) is 0.433. The zero-order valence-electron chi connectivity index (χ0n) is 12.3.